The second-order valence-electron chi connectivity index (χ2n) is 6.26. The number of hydrogen-bond donors (Lipinski definition) is 1. The van der Waals surface area contributed by atoms with E-state index >= 15 is 0 Å². The predicted molar refractivity (Wildman–Crippen MR) is 89.8 cm³/mol. The zero-order valence-corrected chi connectivity index (χ0v) is 14.0. The summed E-state index contributed by atoms with van der Waals surface area (Å²) < 4.78 is 1.90. The van der Waals surface area contributed by atoms with Gasteiger partial charge in [0.2, 0.25) is 0 Å². The number of aromatic nitrogens is 2. The first-order valence-corrected chi connectivity index (χ1v) is 8.18. The lowest BCUT2D eigenvalue weighted by Crippen LogP contribution is -2.30. The number of nitrogens with zero attached hydrogens (tertiary/aromatic N) is 2. The number of nitrogen functional groups attached to an aromatic ring is 1. The smallest absolute Gasteiger partial charge is 0.260 e. The standard InChI is InChI=1S/C16H23N3OS/c1-5-6-9-19-13(16(2,3)4)8-7-11(14(19)20)12-10-21-15(17)18-12/h7-8,10H,5-6,9H2,1-4H3,(H2,17,18). The number of anilines is 1. The Labute approximate surface area is 129 Å². The number of nitrogens with two attached hydrogens (primary N) is 1. The highest BCUT2D eigenvalue weighted by atomic mass is 32.1. The van der Waals surface area contributed by atoms with Crippen LogP contribution in [0.15, 0.2) is 22.3 Å². The molecule has 0 aliphatic heterocycles. The Hall–Kier alpha value is -1.62. The number of pyridine rings is 1. The van der Waals surface area contributed by atoms with Crippen LogP contribution in [0, 0.1) is 0 Å². The fraction of sp³-hybridized carbons (Fsp3) is 0.500. The van der Waals surface area contributed by atoms with Gasteiger partial charge in [0.1, 0.15) is 0 Å². The third-order valence-corrected chi connectivity index (χ3v) is 4.15. The Morgan fingerprint density at radius 3 is 2.57 bits per heavy atom. The molecule has 5 heteroatoms. The van der Waals surface area contributed by atoms with Crippen molar-refractivity contribution in [3.05, 3.63) is 33.6 Å². The minimum Gasteiger partial charge on any atom is -0.375 e. The molecule has 0 saturated carbocycles. The first kappa shape index (κ1) is 15.8. The molecule has 0 aliphatic rings. The molecule has 2 rings (SSSR count). The van der Waals surface area contributed by atoms with Gasteiger partial charge in [0.25, 0.3) is 5.56 Å². The van der Waals surface area contributed by atoms with Crippen LogP contribution >= 0.6 is 11.3 Å². The van der Waals surface area contributed by atoms with E-state index in [9.17, 15) is 4.79 Å². The molecule has 114 valence electrons. The summed E-state index contributed by atoms with van der Waals surface area (Å²) >= 11 is 1.36. The highest BCUT2D eigenvalue weighted by molar-refractivity contribution is 7.13. The fourth-order valence-electron chi connectivity index (χ4n) is 2.38. The van der Waals surface area contributed by atoms with Crippen molar-refractivity contribution in [2.24, 2.45) is 0 Å². The van der Waals surface area contributed by atoms with E-state index in [1.807, 2.05) is 22.1 Å². The molecule has 2 aromatic rings. The van der Waals surface area contributed by atoms with Gasteiger partial charge in [0, 0.05) is 23.0 Å². The van der Waals surface area contributed by atoms with Crippen molar-refractivity contribution in [1.82, 2.24) is 9.55 Å². The van der Waals surface area contributed by atoms with E-state index in [2.05, 4.69) is 32.7 Å². The summed E-state index contributed by atoms with van der Waals surface area (Å²) in [7, 11) is 0. The molecule has 0 aliphatic carbocycles. The summed E-state index contributed by atoms with van der Waals surface area (Å²) in [6.07, 6.45) is 2.05. The van der Waals surface area contributed by atoms with Crippen LogP contribution in [0.1, 0.15) is 46.2 Å². The Morgan fingerprint density at radius 1 is 1.33 bits per heavy atom. The van der Waals surface area contributed by atoms with E-state index in [1.54, 1.807) is 0 Å². The molecule has 2 aromatic heterocycles. The van der Waals surface area contributed by atoms with Crippen molar-refractivity contribution in [1.29, 1.82) is 0 Å². The second kappa shape index (κ2) is 6.02. The first-order chi connectivity index (χ1) is 9.84. The van der Waals surface area contributed by atoms with E-state index in [0.29, 0.717) is 16.4 Å². The number of rotatable bonds is 4. The van der Waals surface area contributed by atoms with Crippen molar-refractivity contribution < 1.29 is 0 Å². The lowest BCUT2D eigenvalue weighted by molar-refractivity contribution is 0.490. The lowest BCUT2D eigenvalue weighted by atomic mass is 9.90. The molecule has 0 radical (unpaired) electrons. The predicted octanol–water partition coefficient (Wildman–Crippen LogP) is 3.65. The van der Waals surface area contributed by atoms with Crippen molar-refractivity contribution in [2.75, 3.05) is 5.73 Å². The molecule has 21 heavy (non-hydrogen) atoms. The quantitative estimate of drug-likeness (QED) is 0.938. The highest BCUT2D eigenvalue weighted by Gasteiger charge is 2.21. The second-order valence-corrected chi connectivity index (χ2v) is 7.15. The number of hydrogen-bond acceptors (Lipinski definition) is 4. The minimum atomic E-state index is -0.0630. The van der Waals surface area contributed by atoms with Gasteiger partial charge in [-0.3, -0.25) is 4.79 Å². The van der Waals surface area contributed by atoms with Crippen LogP contribution in [-0.4, -0.2) is 9.55 Å². The maximum atomic E-state index is 12.8. The molecular weight excluding hydrogens is 282 g/mol. The Bertz CT molecular complexity index is 680. The molecule has 0 spiro atoms. The van der Waals surface area contributed by atoms with Crippen LogP contribution < -0.4 is 11.3 Å². The number of thiazole rings is 1. The zero-order chi connectivity index (χ0) is 15.6. The lowest BCUT2D eigenvalue weighted by Gasteiger charge is -2.24. The van der Waals surface area contributed by atoms with E-state index in [0.717, 1.165) is 25.1 Å². The van der Waals surface area contributed by atoms with Crippen LogP contribution in [0.3, 0.4) is 0 Å². The van der Waals surface area contributed by atoms with E-state index in [1.165, 1.54) is 11.3 Å². The maximum Gasteiger partial charge on any atom is 0.260 e. The van der Waals surface area contributed by atoms with Gasteiger partial charge in [-0.15, -0.1) is 11.3 Å². The summed E-state index contributed by atoms with van der Waals surface area (Å²) in [6, 6.07) is 3.92. The van der Waals surface area contributed by atoms with Gasteiger partial charge < -0.3 is 10.3 Å². The summed E-state index contributed by atoms with van der Waals surface area (Å²) in [5.41, 5.74) is 8.02. The molecule has 2 heterocycles. The molecule has 0 aromatic carbocycles. The maximum absolute atomic E-state index is 12.8. The molecule has 2 N–H and O–H groups in total. The van der Waals surface area contributed by atoms with Gasteiger partial charge in [0.05, 0.1) is 11.3 Å². The third-order valence-electron chi connectivity index (χ3n) is 3.48. The molecule has 0 saturated heterocycles. The summed E-state index contributed by atoms with van der Waals surface area (Å²) in [5, 5.41) is 2.33. The average Bonchev–Trinajstić information content (AvgIpc) is 2.82. The van der Waals surface area contributed by atoms with Crippen molar-refractivity contribution >= 4 is 16.5 Å². The van der Waals surface area contributed by atoms with Gasteiger partial charge in [0.15, 0.2) is 5.13 Å². The largest absolute Gasteiger partial charge is 0.375 e. The van der Waals surface area contributed by atoms with Crippen LogP contribution in [-0.2, 0) is 12.0 Å². The van der Waals surface area contributed by atoms with E-state index in [4.69, 9.17) is 5.73 Å². The van der Waals surface area contributed by atoms with Crippen LogP contribution in [0.25, 0.3) is 11.3 Å². The summed E-state index contributed by atoms with van der Waals surface area (Å²) in [4.78, 5) is 17.1. The molecule has 0 atom stereocenters. The van der Waals surface area contributed by atoms with Crippen LogP contribution in [0.4, 0.5) is 5.13 Å². The molecule has 0 unspecified atom stereocenters. The SMILES string of the molecule is CCCCn1c(C(C)(C)C)ccc(-c2csc(N)n2)c1=O. The van der Waals surface area contributed by atoms with Crippen LogP contribution in [0.2, 0.25) is 0 Å². The first-order valence-electron chi connectivity index (χ1n) is 7.30. The molecule has 0 fully saturated rings. The average molecular weight is 305 g/mol. The normalized spacial score (nSPS) is 11.8. The van der Waals surface area contributed by atoms with Crippen LogP contribution in [0.5, 0.6) is 0 Å². The molecule has 0 amide bonds. The van der Waals surface area contributed by atoms with E-state index < -0.39 is 0 Å². The van der Waals surface area contributed by atoms with Gasteiger partial charge in [-0.2, -0.15) is 0 Å². The Morgan fingerprint density at radius 2 is 2.05 bits per heavy atom. The van der Waals surface area contributed by atoms with Gasteiger partial charge in [-0.05, 0) is 18.6 Å². The van der Waals surface area contributed by atoms with Crippen molar-refractivity contribution in [2.45, 2.75) is 52.5 Å². The highest BCUT2D eigenvalue weighted by Crippen LogP contribution is 2.25. The number of unbranched alkanes of at least 4 members (excludes halogenated alkanes) is 1. The Balaban J connectivity index is 2.59. The van der Waals surface area contributed by atoms with Gasteiger partial charge in [-0.25, -0.2) is 4.98 Å². The zero-order valence-electron chi connectivity index (χ0n) is 13.1. The van der Waals surface area contributed by atoms with Gasteiger partial charge >= 0.3 is 0 Å². The van der Waals surface area contributed by atoms with E-state index in [-0.39, 0.29) is 11.0 Å². The molecule has 0 bridgehead atoms. The monoisotopic (exact) mass is 305 g/mol. The van der Waals surface area contributed by atoms with Crippen molar-refractivity contribution in [3.63, 3.8) is 0 Å². The molecule has 4 nitrogen and oxygen atoms in total. The van der Waals surface area contributed by atoms with Gasteiger partial charge in [-0.1, -0.05) is 34.1 Å². The topological polar surface area (TPSA) is 60.9 Å². The molecular formula is C16H23N3OS. The minimum absolute atomic E-state index is 0.0289. The third kappa shape index (κ3) is 3.35. The van der Waals surface area contributed by atoms with Crippen molar-refractivity contribution in [3.8, 4) is 11.3 Å². The summed E-state index contributed by atoms with van der Waals surface area (Å²) in [6.45, 7) is 9.27. The Kier molecular flexibility index (Phi) is 4.52. The summed E-state index contributed by atoms with van der Waals surface area (Å²) in [5.74, 6) is 0. The fourth-order valence-corrected chi connectivity index (χ4v) is 2.94.